The van der Waals surface area contributed by atoms with Crippen molar-refractivity contribution in [3.63, 3.8) is 0 Å². The van der Waals surface area contributed by atoms with Gasteiger partial charge in [-0.15, -0.1) is 0 Å². The van der Waals surface area contributed by atoms with Gasteiger partial charge in [-0.3, -0.25) is 4.90 Å². The molecule has 1 fully saturated rings. The molecule has 1 aliphatic rings. The first kappa shape index (κ1) is 8.72. The van der Waals surface area contributed by atoms with Crippen LogP contribution in [0.5, 0.6) is 0 Å². The van der Waals surface area contributed by atoms with Gasteiger partial charge in [0.1, 0.15) is 6.29 Å². The maximum atomic E-state index is 10.2. The van der Waals surface area contributed by atoms with Crippen molar-refractivity contribution >= 4 is 6.29 Å². The molecule has 0 saturated carbocycles. The number of carbonyl (C=O) groups is 1. The first-order valence-electron chi connectivity index (χ1n) is 4.40. The fourth-order valence-electron chi connectivity index (χ4n) is 1.68. The number of hydrogen-bond donors (Lipinski definition) is 0. The van der Waals surface area contributed by atoms with Crippen LogP contribution in [-0.4, -0.2) is 30.8 Å². The Morgan fingerprint density at radius 1 is 1.64 bits per heavy atom. The molecule has 0 aromatic rings. The third-order valence-corrected chi connectivity index (χ3v) is 2.58. The molecule has 1 rings (SSSR count). The molecule has 1 aliphatic heterocycles. The van der Waals surface area contributed by atoms with Gasteiger partial charge < -0.3 is 4.79 Å². The summed E-state index contributed by atoms with van der Waals surface area (Å²) in [5.41, 5.74) is 0. The standard InChI is InChI=1S/C9H17NO/c1-8(2)9-3-4-10(7-9)5-6-11/h6,8-9H,3-5,7H2,1-2H3. The van der Waals surface area contributed by atoms with Crippen LogP contribution in [0.15, 0.2) is 0 Å². The molecule has 64 valence electrons. The maximum absolute atomic E-state index is 10.2. The molecule has 0 spiro atoms. The number of nitrogens with zero attached hydrogens (tertiary/aromatic N) is 1. The Balaban J connectivity index is 2.28. The normalized spacial score (nSPS) is 26.3. The minimum Gasteiger partial charge on any atom is -0.302 e. The van der Waals surface area contributed by atoms with Crippen molar-refractivity contribution in [2.75, 3.05) is 19.6 Å². The minimum atomic E-state index is 0.628. The molecule has 1 heterocycles. The third-order valence-electron chi connectivity index (χ3n) is 2.58. The fourth-order valence-corrected chi connectivity index (χ4v) is 1.68. The zero-order valence-electron chi connectivity index (χ0n) is 7.42. The van der Waals surface area contributed by atoms with E-state index >= 15 is 0 Å². The summed E-state index contributed by atoms with van der Waals surface area (Å²) in [6.07, 6.45) is 2.27. The average Bonchev–Trinajstić information content (AvgIpc) is 2.37. The monoisotopic (exact) mass is 155 g/mol. The molecular weight excluding hydrogens is 138 g/mol. The van der Waals surface area contributed by atoms with Gasteiger partial charge in [0.2, 0.25) is 0 Å². The first-order chi connectivity index (χ1) is 5.24. The summed E-state index contributed by atoms with van der Waals surface area (Å²) in [4.78, 5) is 12.4. The summed E-state index contributed by atoms with van der Waals surface area (Å²) in [5, 5.41) is 0. The van der Waals surface area contributed by atoms with Crippen LogP contribution in [0.2, 0.25) is 0 Å². The second-order valence-corrected chi connectivity index (χ2v) is 3.72. The molecule has 2 heteroatoms. The predicted octanol–water partition coefficient (Wildman–Crippen LogP) is 1.16. The van der Waals surface area contributed by atoms with E-state index in [9.17, 15) is 4.79 Å². The summed E-state index contributed by atoms with van der Waals surface area (Å²) in [6, 6.07) is 0. The molecule has 0 aromatic heterocycles. The second kappa shape index (κ2) is 3.86. The Bertz CT molecular complexity index is 134. The van der Waals surface area contributed by atoms with Gasteiger partial charge in [-0.05, 0) is 24.8 Å². The Labute approximate surface area is 68.6 Å². The highest BCUT2D eigenvalue weighted by molar-refractivity contribution is 5.52. The van der Waals surface area contributed by atoms with Crippen molar-refractivity contribution in [3.8, 4) is 0 Å². The Morgan fingerprint density at radius 2 is 2.36 bits per heavy atom. The summed E-state index contributed by atoms with van der Waals surface area (Å²) in [5.74, 6) is 1.58. The van der Waals surface area contributed by atoms with E-state index < -0.39 is 0 Å². The van der Waals surface area contributed by atoms with E-state index in [0.717, 1.165) is 31.2 Å². The van der Waals surface area contributed by atoms with Crippen LogP contribution >= 0.6 is 0 Å². The molecule has 0 amide bonds. The van der Waals surface area contributed by atoms with Gasteiger partial charge in [0.05, 0.1) is 6.54 Å². The van der Waals surface area contributed by atoms with Crippen molar-refractivity contribution in [1.82, 2.24) is 4.90 Å². The summed E-state index contributed by atoms with van der Waals surface area (Å²) >= 11 is 0. The van der Waals surface area contributed by atoms with Crippen molar-refractivity contribution in [1.29, 1.82) is 0 Å². The van der Waals surface area contributed by atoms with Crippen LogP contribution in [-0.2, 0) is 4.79 Å². The summed E-state index contributed by atoms with van der Waals surface area (Å²) in [6.45, 7) is 7.38. The number of hydrogen-bond acceptors (Lipinski definition) is 2. The molecular formula is C9H17NO. The molecule has 1 atom stereocenters. The van der Waals surface area contributed by atoms with Crippen LogP contribution in [0.25, 0.3) is 0 Å². The van der Waals surface area contributed by atoms with Crippen LogP contribution in [0.1, 0.15) is 20.3 Å². The van der Waals surface area contributed by atoms with Crippen LogP contribution in [0, 0.1) is 11.8 Å². The largest absolute Gasteiger partial charge is 0.302 e. The molecule has 0 aliphatic carbocycles. The van der Waals surface area contributed by atoms with E-state index in [1.807, 2.05) is 0 Å². The highest BCUT2D eigenvalue weighted by atomic mass is 16.1. The Morgan fingerprint density at radius 3 is 2.82 bits per heavy atom. The lowest BCUT2D eigenvalue weighted by Gasteiger charge is -2.14. The molecule has 0 aromatic carbocycles. The maximum Gasteiger partial charge on any atom is 0.133 e. The molecule has 1 saturated heterocycles. The fraction of sp³-hybridized carbons (Fsp3) is 0.889. The van der Waals surface area contributed by atoms with E-state index in [1.54, 1.807) is 0 Å². The van der Waals surface area contributed by atoms with Gasteiger partial charge in [0.15, 0.2) is 0 Å². The number of aldehydes is 1. The molecule has 2 nitrogen and oxygen atoms in total. The molecule has 11 heavy (non-hydrogen) atoms. The molecule has 1 unspecified atom stereocenters. The topological polar surface area (TPSA) is 20.3 Å². The highest BCUT2D eigenvalue weighted by Crippen LogP contribution is 2.22. The summed E-state index contributed by atoms with van der Waals surface area (Å²) < 4.78 is 0. The zero-order valence-corrected chi connectivity index (χ0v) is 7.42. The number of likely N-dealkylation sites (tertiary alicyclic amines) is 1. The van der Waals surface area contributed by atoms with Gasteiger partial charge in [0, 0.05) is 6.54 Å². The van der Waals surface area contributed by atoms with Crippen LogP contribution in [0.4, 0.5) is 0 Å². The lowest BCUT2D eigenvalue weighted by Crippen LogP contribution is -2.23. The minimum absolute atomic E-state index is 0.628. The van der Waals surface area contributed by atoms with Crippen molar-refractivity contribution in [2.24, 2.45) is 11.8 Å². The highest BCUT2D eigenvalue weighted by Gasteiger charge is 2.23. The smallest absolute Gasteiger partial charge is 0.133 e. The van der Waals surface area contributed by atoms with E-state index in [4.69, 9.17) is 0 Å². The van der Waals surface area contributed by atoms with Crippen molar-refractivity contribution < 1.29 is 4.79 Å². The van der Waals surface area contributed by atoms with Gasteiger partial charge >= 0.3 is 0 Å². The quantitative estimate of drug-likeness (QED) is 0.570. The van der Waals surface area contributed by atoms with E-state index in [1.165, 1.54) is 6.42 Å². The van der Waals surface area contributed by atoms with Gasteiger partial charge in [-0.2, -0.15) is 0 Å². The van der Waals surface area contributed by atoms with E-state index in [0.29, 0.717) is 6.54 Å². The first-order valence-corrected chi connectivity index (χ1v) is 4.40. The Hall–Kier alpha value is -0.370. The average molecular weight is 155 g/mol. The van der Waals surface area contributed by atoms with E-state index in [-0.39, 0.29) is 0 Å². The lowest BCUT2D eigenvalue weighted by atomic mass is 9.95. The van der Waals surface area contributed by atoms with Crippen LogP contribution in [0.3, 0.4) is 0 Å². The second-order valence-electron chi connectivity index (χ2n) is 3.72. The van der Waals surface area contributed by atoms with Crippen LogP contribution < -0.4 is 0 Å². The molecule has 0 radical (unpaired) electrons. The lowest BCUT2D eigenvalue weighted by molar-refractivity contribution is -0.108. The van der Waals surface area contributed by atoms with Crippen molar-refractivity contribution in [2.45, 2.75) is 20.3 Å². The van der Waals surface area contributed by atoms with Gasteiger partial charge in [0.25, 0.3) is 0 Å². The van der Waals surface area contributed by atoms with E-state index in [2.05, 4.69) is 18.7 Å². The molecule has 0 bridgehead atoms. The number of carbonyl (C=O) groups excluding carboxylic acids is 1. The van der Waals surface area contributed by atoms with Crippen molar-refractivity contribution in [3.05, 3.63) is 0 Å². The van der Waals surface area contributed by atoms with Gasteiger partial charge in [-0.25, -0.2) is 0 Å². The predicted molar refractivity (Wildman–Crippen MR) is 45.4 cm³/mol. The SMILES string of the molecule is CC(C)C1CCN(CC=O)C1. The third kappa shape index (κ3) is 2.29. The number of rotatable bonds is 3. The Kier molecular flexibility index (Phi) is 3.06. The molecule has 0 N–H and O–H groups in total. The summed E-state index contributed by atoms with van der Waals surface area (Å²) in [7, 11) is 0. The zero-order chi connectivity index (χ0) is 8.27. The van der Waals surface area contributed by atoms with Gasteiger partial charge in [-0.1, -0.05) is 13.8 Å².